The van der Waals surface area contributed by atoms with Gasteiger partial charge >= 0.3 is 0 Å². The lowest BCUT2D eigenvalue weighted by Gasteiger charge is -2.36. The molecule has 0 unspecified atom stereocenters. The molecule has 0 bridgehead atoms. The summed E-state index contributed by atoms with van der Waals surface area (Å²) in [6, 6.07) is 0.378. The van der Waals surface area contributed by atoms with Crippen molar-refractivity contribution >= 4 is 23.6 Å². The maximum absolute atomic E-state index is 12.6. The molecule has 1 saturated heterocycles. The Morgan fingerprint density at radius 2 is 1.56 bits per heavy atom. The summed E-state index contributed by atoms with van der Waals surface area (Å²) in [5, 5.41) is 12.8. The summed E-state index contributed by atoms with van der Waals surface area (Å²) in [5.74, 6) is 0.972. The van der Waals surface area contributed by atoms with E-state index in [0.717, 1.165) is 30.8 Å². The molecule has 0 aromatic carbocycles. The molecule has 2 amide bonds. The molecule has 1 aromatic rings. The summed E-state index contributed by atoms with van der Waals surface area (Å²) in [7, 11) is 0. The number of amides is 2. The molecular weight excluding hydrogens is 364 g/mol. The summed E-state index contributed by atoms with van der Waals surface area (Å²) >= 11 is 1.42. The number of rotatable bonds is 5. The molecule has 0 atom stereocenters. The van der Waals surface area contributed by atoms with Crippen LogP contribution in [0.3, 0.4) is 0 Å². The van der Waals surface area contributed by atoms with Gasteiger partial charge in [-0.05, 0) is 36.1 Å². The molecule has 1 aromatic heterocycles. The third-order valence-corrected chi connectivity index (χ3v) is 7.02. The van der Waals surface area contributed by atoms with E-state index in [9.17, 15) is 9.59 Å². The molecule has 0 N–H and O–H groups in total. The van der Waals surface area contributed by atoms with E-state index in [-0.39, 0.29) is 11.8 Å². The highest BCUT2D eigenvalue weighted by Crippen LogP contribution is 2.31. The molecule has 2 saturated carbocycles. The number of tetrazole rings is 1. The van der Waals surface area contributed by atoms with Crippen molar-refractivity contribution in [3.8, 4) is 0 Å². The Morgan fingerprint density at radius 3 is 2.26 bits per heavy atom. The molecule has 1 aliphatic heterocycles. The van der Waals surface area contributed by atoms with Gasteiger partial charge < -0.3 is 9.80 Å². The minimum atomic E-state index is 0.105. The van der Waals surface area contributed by atoms with Gasteiger partial charge in [-0.3, -0.25) is 9.59 Å². The predicted octanol–water partition coefficient (Wildman–Crippen LogP) is 1.74. The fourth-order valence-electron chi connectivity index (χ4n) is 4.48. The summed E-state index contributed by atoms with van der Waals surface area (Å²) in [4.78, 5) is 28.9. The van der Waals surface area contributed by atoms with E-state index in [2.05, 4.69) is 15.5 Å². The Labute approximate surface area is 164 Å². The lowest BCUT2D eigenvalue weighted by Crippen LogP contribution is -2.52. The van der Waals surface area contributed by atoms with E-state index in [1.807, 2.05) is 14.5 Å². The van der Waals surface area contributed by atoms with Gasteiger partial charge in [-0.15, -0.1) is 5.10 Å². The second-order valence-electron chi connectivity index (χ2n) is 7.82. The number of nitrogens with zero attached hydrogens (tertiary/aromatic N) is 6. The van der Waals surface area contributed by atoms with Gasteiger partial charge in [0, 0.05) is 32.1 Å². The van der Waals surface area contributed by atoms with Crippen molar-refractivity contribution in [2.24, 2.45) is 5.92 Å². The van der Waals surface area contributed by atoms with Crippen molar-refractivity contribution in [3.63, 3.8) is 0 Å². The molecule has 2 heterocycles. The van der Waals surface area contributed by atoms with Gasteiger partial charge in [-0.1, -0.05) is 37.4 Å². The minimum absolute atomic E-state index is 0.105. The standard InChI is InChI=1S/C18H28N6O2S/c25-16(13-27-18-19-20-21-24(18)15-7-3-4-8-15)22-9-11-23(12-10-22)17(26)14-5-1-2-6-14/h14-15H,1-13H2. The highest BCUT2D eigenvalue weighted by atomic mass is 32.2. The second-order valence-corrected chi connectivity index (χ2v) is 8.76. The van der Waals surface area contributed by atoms with Crippen LogP contribution in [0.4, 0.5) is 0 Å². The number of carbonyl (C=O) groups is 2. The van der Waals surface area contributed by atoms with Gasteiger partial charge in [0.1, 0.15) is 0 Å². The van der Waals surface area contributed by atoms with Crippen LogP contribution in [0.15, 0.2) is 5.16 Å². The van der Waals surface area contributed by atoms with Crippen LogP contribution in [-0.2, 0) is 9.59 Å². The van der Waals surface area contributed by atoms with Crippen LogP contribution < -0.4 is 0 Å². The zero-order chi connectivity index (χ0) is 18.6. The first-order chi connectivity index (χ1) is 13.2. The maximum Gasteiger partial charge on any atom is 0.233 e. The van der Waals surface area contributed by atoms with E-state index in [4.69, 9.17) is 0 Å². The SMILES string of the molecule is O=C(CSc1nnnn1C1CCCC1)N1CCN(C(=O)C2CCCC2)CC1. The smallest absolute Gasteiger partial charge is 0.233 e. The highest BCUT2D eigenvalue weighted by Gasteiger charge is 2.30. The minimum Gasteiger partial charge on any atom is -0.339 e. The van der Waals surface area contributed by atoms with Crippen LogP contribution in [0.2, 0.25) is 0 Å². The first-order valence-corrected chi connectivity index (χ1v) is 11.2. The van der Waals surface area contributed by atoms with Crippen LogP contribution in [0.5, 0.6) is 0 Å². The lowest BCUT2D eigenvalue weighted by molar-refractivity contribution is -0.141. The van der Waals surface area contributed by atoms with E-state index >= 15 is 0 Å². The van der Waals surface area contributed by atoms with Crippen LogP contribution >= 0.6 is 11.8 Å². The van der Waals surface area contributed by atoms with Crippen molar-refractivity contribution in [2.45, 2.75) is 62.6 Å². The van der Waals surface area contributed by atoms with Gasteiger partial charge in [0.05, 0.1) is 11.8 Å². The number of piperazine rings is 1. The third kappa shape index (κ3) is 4.28. The summed E-state index contributed by atoms with van der Waals surface area (Å²) in [6.45, 7) is 2.58. The van der Waals surface area contributed by atoms with Crippen LogP contribution in [0, 0.1) is 5.92 Å². The third-order valence-electron chi connectivity index (χ3n) is 6.11. The Balaban J connectivity index is 1.24. The molecular formula is C18H28N6O2S. The number of hydrogen-bond donors (Lipinski definition) is 0. The zero-order valence-corrected chi connectivity index (χ0v) is 16.6. The van der Waals surface area contributed by atoms with Crippen LogP contribution in [0.25, 0.3) is 0 Å². The largest absolute Gasteiger partial charge is 0.339 e. The molecule has 148 valence electrons. The van der Waals surface area contributed by atoms with Crippen LogP contribution in [0.1, 0.15) is 57.4 Å². The van der Waals surface area contributed by atoms with Gasteiger partial charge in [0.15, 0.2) is 0 Å². The van der Waals surface area contributed by atoms with Gasteiger partial charge in [0.25, 0.3) is 0 Å². The second kappa shape index (κ2) is 8.58. The van der Waals surface area contributed by atoms with E-state index in [1.54, 1.807) is 0 Å². The summed E-state index contributed by atoms with van der Waals surface area (Å²) in [5.41, 5.74) is 0. The fraction of sp³-hybridized carbons (Fsp3) is 0.833. The average Bonchev–Trinajstić information content (AvgIpc) is 3.47. The summed E-state index contributed by atoms with van der Waals surface area (Å²) < 4.78 is 1.89. The quantitative estimate of drug-likeness (QED) is 0.710. The monoisotopic (exact) mass is 392 g/mol. The first kappa shape index (κ1) is 18.7. The highest BCUT2D eigenvalue weighted by molar-refractivity contribution is 7.99. The normalized spacial score (nSPS) is 21.9. The number of hydrogen-bond acceptors (Lipinski definition) is 6. The molecule has 27 heavy (non-hydrogen) atoms. The Hall–Kier alpha value is -1.64. The van der Waals surface area contributed by atoms with E-state index < -0.39 is 0 Å². The number of thioether (sulfide) groups is 1. The molecule has 3 aliphatic rings. The van der Waals surface area contributed by atoms with Gasteiger partial charge in [0.2, 0.25) is 17.0 Å². The summed E-state index contributed by atoms with van der Waals surface area (Å²) in [6.07, 6.45) is 9.08. The van der Waals surface area contributed by atoms with Crippen molar-refractivity contribution in [1.82, 2.24) is 30.0 Å². The van der Waals surface area contributed by atoms with Gasteiger partial charge in [-0.25, -0.2) is 4.68 Å². The maximum atomic E-state index is 12.6. The zero-order valence-electron chi connectivity index (χ0n) is 15.8. The van der Waals surface area contributed by atoms with Crippen LogP contribution in [-0.4, -0.2) is 73.8 Å². The molecule has 3 fully saturated rings. The Morgan fingerprint density at radius 1 is 0.926 bits per heavy atom. The molecule has 0 spiro atoms. The fourth-order valence-corrected chi connectivity index (χ4v) is 5.33. The Kier molecular flexibility index (Phi) is 5.95. The Bertz CT molecular complexity index is 661. The molecule has 8 nitrogen and oxygen atoms in total. The predicted molar refractivity (Wildman–Crippen MR) is 101 cm³/mol. The average molecular weight is 393 g/mol. The van der Waals surface area contributed by atoms with Crippen molar-refractivity contribution in [3.05, 3.63) is 0 Å². The van der Waals surface area contributed by atoms with Gasteiger partial charge in [-0.2, -0.15) is 0 Å². The van der Waals surface area contributed by atoms with Crippen molar-refractivity contribution in [2.75, 3.05) is 31.9 Å². The number of aromatic nitrogens is 4. The number of carbonyl (C=O) groups excluding carboxylic acids is 2. The molecule has 2 aliphatic carbocycles. The molecule has 9 heteroatoms. The lowest BCUT2D eigenvalue weighted by atomic mass is 10.1. The molecule has 0 radical (unpaired) electrons. The van der Waals surface area contributed by atoms with E-state index in [1.165, 1.54) is 37.4 Å². The van der Waals surface area contributed by atoms with Crippen molar-refractivity contribution < 1.29 is 9.59 Å². The van der Waals surface area contributed by atoms with E-state index in [0.29, 0.717) is 43.9 Å². The topological polar surface area (TPSA) is 84.2 Å². The first-order valence-electron chi connectivity index (χ1n) is 10.2. The molecule has 4 rings (SSSR count). The van der Waals surface area contributed by atoms with Crippen molar-refractivity contribution in [1.29, 1.82) is 0 Å².